The molecule has 1 aromatic rings. The molecule has 1 saturated carbocycles. The first kappa shape index (κ1) is 11.9. The van der Waals surface area contributed by atoms with Gasteiger partial charge in [0.1, 0.15) is 0 Å². The van der Waals surface area contributed by atoms with Gasteiger partial charge in [-0.1, -0.05) is 18.5 Å². The summed E-state index contributed by atoms with van der Waals surface area (Å²) in [5, 5.41) is 8.74. The van der Waals surface area contributed by atoms with Crippen LogP contribution in [-0.4, -0.2) is 22.4 Å². The lowest BCUT2D eigenvalue weighted by Crippen LogP contribution is -2.28. The van der Waals surface area contributed by atoms with Crippen LogP contribution in [0.5, 0.6) is 0 Å². The van der Waals surface area contributed by atoms with Crippen molar-refractivity contribution in [2.24, 2.45) is 5.92 Å². The second-order valence-corrected chi connectivity index (χ2v) is 5.35. The van der Waals surface area contributed by atoms with Gasteiger partial charge in [0.25, 0.3) is 0 Å². The van der Waals surface area contributed by atoms with Crippen molar-refractivity contribution >= 4 is 11.6 Å². The molecular formula is C12H20ClN3. The Kier molecular flexibility index (Phi) is 3.55. The highest BCUT2D eigenvalue weighted by atomic mass is 35.5. The van der Waals surface area contributed by atoms with Crippen LogP contribution in [0.3, 0.4) is 0 Å². The third-order valence-electron chi connectivity index (χ3n) is 3.40. The smallest absolute Gasteiger partial charge is 0.0815 e. The Labute approximate surface area is 102 Å². The molecule has 0 amide bonds. The van der Waals surface area contributed by atoms with Crippen molar-refractivity contribution in [3.05, 3.63) is 16.9 Å². The summed E-state index contributed by atoms with van der Waals surface area (Å²) >= 11 is 6.02. The van der Waals surface area contributed by atoms with E-state index in [-0.39, 0.29) is 0 Å². The molecule has 0 aromatic carbocycles. The van der Waals surface area contributed by atoms with Gasteiger partial charge in [0.15, 0.2) is 0 Å². The average molecular weight is 242 g/mol. The van der Waals surface area contributed by atoms with Crippen LogP contribution in [0.4, 0.5) is 0 Å². The number of nitrogens with one attached hydrogen (secondary N) is 1. The van der Waals surface area contributed by atoms with E-state index in [1.807, 2.05) is 17.8 Å². The topological polar surface area (TPSA) is 29.9 Å². The molecule has 0 aliphatic heterocycles. The maximum absolute atomic E-state index is 6.02. The maximum Gasteiger partial charge on any atom is 0.0815 e. The lowest BCUT2D eigenvalue weighted by molar-refractivity contribution is 0.335. The molecule has 90 valence electrons. The van der Waals surface area contributed by atoms with Crippen LogP contribution in [-0.2, 0) is 0 Å². The molecule has 0 spiro atoms. The number of hydrogen-bond donors (Lipinski definition) is 1. The molecule has 1 N–H and O–H groups in total. The fourth-order valence-corrected chi connectivity index (χ4v) is 1.88. The van der Waals surface area contributed by atoms with Crippen LogP contribution in [0.1, 0.15) is 38.4 Å². The van der Waals surface area contributed by atoms with Gasteiger partial charge in [0.05, 0.1) is 16.8 Å². The minimum Gasteiger partial charge on any atom is -0.314 e. The Balaban J connectivity index is 1.91. The quantitative estimate of drug-likeness (QED) is 0.859. The first-order chi connectivity index (χ1) is 7.58. The van der Waals surface area contributed by atoms with Gasteiger partial charge in [-0.3, -0.25) is 4.68 Å². The molecule has 4 heteroatoms. The van der Waals surface area contributed by atoms with E-state index in [9.17, 15) is 0 Å². The van der Waals surface area contributed by atoms with Crippen molar-refractivity contribution in [2.75, 3.05) is 6.54 Å². The standard InChI is InChI=1S/C12H20ClN3/c1-8(6-14-11-4-5-11)10(3)16-7-12(13)9(2)15-16/h7-8,10-11,14H,4-6H2,1-3H3. The Hall–Kier alpha value is -0.540. The summed E-state index contributed by atoms with van der Waals surface area (Å²) in [7, 11) is 0. The average Bonchev–Trinajstić information content (AvgIpc) is 3.02. The zero-order chi connectivity index (χ0) is 11.7. The van der Waals surface area contributed by atoms with Crippen molar-refractivity contribution in [2.45, 2.75) is 45.7 Å². The molecule has 1 aliphatic carbocycles. The monoisotopic (exact) mass is 241 g/mol. The molecule has 0 radical (unpaired) electrons. The van der Waals surface area contributed by atoms with Crippen molar-refractivity contribution in [3.8, 4) is 0 Å². The zero-order valence-electron chi connectivity index (χ0n) is 10.2. The first-order valence-corrected chi connectivity index (χ1v) is 6.40. The van der Waals surface area contributed by atoms with Crippen LogP contribution < -0.4 is 5.32 Å². The minimum atomic E-state index is 0.387. The molecule has 2 unspecified atom stereocenters. The molecule has 3 nitrogen and oxygen atoms in total. The van der Waals surface area contributed by atoms with Crippen molar-refractivity contribution in [1.29, 1.82) is 0 Å². The van der Waals surface area contributed by atoms with Crippen LogP contribution in [0.15, 0.2) is 6.20 Å². The summed E-state index contributed by atoms with van der Waals surface area (Å²) in [6.07, 6.45) is 4.61. The molecule has 1 aliphatic rings. The molecule has 16 heavy (non-hydrogen) atoms. The molecule has 1 fully saturated rings. The SMILES string of the molecule is Cc1nn(C(C)C(C)CNC2CC2)cc1Cl. The maximum atomic E-state index is 6.02. The van der Waals surface area contributed by atoms with Gasteiger partial charge in [-0.2, -0.15) is 5.10 Å². The van der Waals surface area contributed by atoms with Crippen LogP contribution >= 0.6 is 11.6 Å². The first-order valence-electron chi connectivity index (χ1n) is 6.02. The number of hydrogen-bond acceptors (Lipinski definition) is 2. The number of halogens is 1. The predicted molar refractivity (Wildman–Crippen MR) is 66.9 cm³/mol. The molecule has 1 heterocycles. The van der Waals surface area contributed by atoms with Gasteiger partial charge < -0.3 is 5.32 Å². The van der Waals surface area contributed by atoms with Crippen molar-refractivity contribution in [1.82, 2.24) is 15.1 Å². The second-order valence-electron chi connectivity index (χ2n) is 4.94. The van der Waals surface area contributed by atoms with Crippen molar-refractivity contribution < 1.29 is 0 Å². The highest BCUT2D eigenvalue weighted by molar-refractivity contribution is 6.31. The number of nitrogens with zero attached hydrogens (tertiary/aromatic N) is 2. The van der Waals surface area contributed by atoms with Crippen LogP contribution in [0.2, 0.25) is 5.02 Å². The summed E-state index contributed by atoms with van der Waals surface area (Å²) in [6, 6.07) is 1.16. The van der Waals surface area contributed by atoms with Crippen LogP contribution in [0, 0.1) is 12.8 Å². The number of rotatable bonds is 5. The van der Waals surface area contributed by atoms with Gasteiger partial charge in [0, 0.05) is 12.2 Å². The number of aromatic nitrogens is 2. The number of aryl methyl sites for hydroxylation is 1. The highest BCUT2D eigenvalue weighted by Crippen LogP contribution is 2.23. The van der Waals surface area contributed by atoms with E-state index in [0.717, 1.165) is 23.3 Å². The fourth-order valence-electron chi connectivity index (χ4n) is 1.74. The molecule has 0 saturated heterocycles. The summed E-state index contributed by atoms with van der Waals surface area (Å²) in [5.41, 5.74) is 0.913. The van der Waals surface area contributed by atoms with Crippen molar-refractivity contribution in [3.63, 3.8) is 0 Å². The summed E-state index contributed by atoms with van der Waals surface area (Å²) in [5.74, 6) is 0.566. The third-order valence-corrected chi connectivity index (χ3v) is 3.77. The lowest BCUT2D eigenvalue weighted by atomic mass is 10.0. The highest BCUT2D eigenvalue weighted by Gasteiger charge is 2.23. The Morgan fingerprint density at radius 3 is 2.75 bits per heavy atom. The minimum absolute atomic E-state index is 0.387. The Morgan fingerprint density at radius 1 is 1.56 bits per heavy atom. The second kappa shape index (κ2) is 4.76. The lowest BCUT2D eigenvalue weighted by Gasteiger charge is -2.20. The normalized spacial score (nSPS) is 19.8. The van der Waals surface area contributed by atoms with E-state index in [2.05, 4.69) is 24.3 Å². The van der Waals surface area contributed by atoms with E-state index in [4.69, 9.17) is 11.6 Å². The van der Waals surface area contributed by atoms with E-state index in [0.29, 0.717) is 12.0 Å². The molecule has 2 atom stereocenters. The van der Waals surface area contributed by atoms with Crippen LogP contribution in [0.25, 0.3) is 0 Å². The molecule has 2 rings (SSSR count). The van der Waals surface area contributed by atoms with E-state index in [1.165, 1.54) is 12.8 Å². The van der Waals surface area contributed by atoms with Gasteiger partial charge in [-0.15, -0.1) is 0 Å². The summed E-state index contributed by atoms with van der Waals surface area (Å²) < 4.78 is 1.98. The Bertz CT molecular complexity index is 338. The zero-order valence-corrected chi connectivity index (χ0v) is 11.0. The van der Waals surface area contributed by atoms with E-state index >= 15 is 0 Å². The summed E-state index contributed by atoms with van der Waals surface area (Å²) in [6.45, 7) is 7.45. The van der Waals surface area contributed by atoms with E-state index < -0.39 is 0 Å². The van der Waals surface area contributed by atoms with E-state index in [1.54, 1.807) is 0 Å². The molecule has 1 aromatic heterocycles. The fraction of sp³-hybridized carbons (Fsp3) is 0.750. The summed E-state index contributed by atoms with van der Waals surface area (Å²) in [4.78, 5) is 0. The van der Waals surface area contributed by atoms with Gasteiger partial charge in [-0.25, -0.2) is 0 Å². The largest absolute Gasteiger partial charge is 0.314 e. The third kappa shape index (κ3) is 2.77. The van der Waals surface area contributed by atoms with Gasteiger partial charge in [-0.05, 0) is 39.2 Å². The van der Waals surface area contributed by atoms with Gasteiger partial charge >= 0.3 is 0 Å². The van der Waals surface area contributed by atoms with Gasteiger partial charge in [0.2, 0.25) is 0 Å². The Morgan fingerprint density at radius 2 is 2.25 bits per heavy atom. The molecule has 0 bridgehead atoms. The molecular weight excluding hydrogens is 222 g/mol. The predicted octanol–water partition coefficient (Wildman–Crippen LogP) is 2.79.